The Morgan fingerprint density at radius 3 is 2.80 bits per heavy atom. The van der Waals surface area contributed by atoms with Crippen LogP contribution in [0.25, 0.3) is 10.9 Å². The van der Waals surface area contributed by atoms with Gasteiger partial charge in [0.25, 0.3) is 0 Å². The van der Waals surface area contributed by atoms with Crippen LogP contribution in [-0.2, 0) is 0 Å². The Morgan fingerprint density at radius 2 is 1.95 bits per heavy atom. The van der Waals surface area contributed by atoms with Crippen LogP contribution in [0.1, 0.15) is 18.5 Å². The molecule has 4 heteroatoms. The van der Waals surface area contributed by atoms with Gasteiger partial charge in [0.05, 0.1) is 11.7 Å². The highest BCUT2D eigenvalue weighted by molar-refractivity contribution is 5.79. The maximum atomic E-state index is 5.85. The lowest BCUT2D eigenvalue weighted by Gasteiger charge is -2.09. The summed E-state index contributed by atoms with van der Waals surface area (Å²) in [6.07, 6.45) is 3.39. The molecule has 0 bridgehead atoms. The number of pyridine rings is 2. The van der Waals surface area contributed by atoms with Gasteiger partial charge in [-0.2, -0.15) is 0 Å². The second-order valence-corrected chi connectivity index (χ2v) is 4.68. The van der Waals surface area contributed by atoms with Crippen LogP contribution >= 0.6 is 0 Å². The molecule has 0 aliphatic heterocycles. The number of benzene rings is 1. The van der Waals surface area contributed by atoms with E-state index in [1.807, 2.05) is 49.4 Å². The lowest BCUT2D eigenvalue weighted by molar-refractivity contribution is 0.460. The first-order valence-electron chi connectivity index (χ1n) is 6.46. The molecule has 3 aromatic rings. The highest BCUT2D eigenvalue weighted by Gasteiger charge is 2.04. The molecule has 4 nitrogen and oxygen atoms in total. The van der Waals surface area contributed by atoms with Crippen molar-refractivity contribution in [2.75, 3.05) is 0 Å². The minimum absolute atomic E-state index is 0.0462. The highest BCUT2D eigenvalue weighted by atomic mass is 16.5. The van der Waals surface area contributed by atoms with E-state index in [9.17, 15) is 0 Å². The quantitative estimate of drug-likeness (QED) is 0.788. The summed E-state index contributed by atoms with van der Waals surface area (Å²) in [6.45, 7) is 1.93. The number of hydrogen-bond donors (Lipinski definition) is 1. The maximum Gasteiger partial charge on any atom is 0.219 e. The molecule has 2 heterocycles. The summed E-state index contributed by atoms with van der Waals surface area (Å²) in [7, 11) is 0. The molecule has 1 aromatic carbocycles. The van der Waals surface area contributed by atoms with Crippen molar-refractivity contribution >= 4 is 10.9 Å². The van der Waals surface area contributed by atoms with Crippen molar-refractivity contribution in [2.45, 2.75) is 13.0 Å². The zero-order valence-corrected chi connectivity index (χ0v) is 11.2. The normalized spacial score (nSPS) is 12.3. The molecule has 0 aliphatic carbocycles. The van der Waals surface area contributed by atoms with Crippen molar-refractivity contribution in [2.24, 2.45) is 5.73 Å². The van der Waals surface area contributed by atoms with Gasteiger partial charge in [0.2, 0.25) is 5.88 Å². The Morgan fingerprint density at radius 1 is 1.10 bits per heavy atom. The fraction of sp³-hybridized carbons (Fsp3) is 0.125. The van der Waals surface area contributed by atoms with Crippen LogP contribution in [-0.4, -0.2) is 9.97 Å². The third kappa shape index (κ3) is 2.60. The van der Waals surface area contributed by atoms with E-state index in [1.54, 1.807) is 12.4 Å². The minimum atomic E-state index is -0.0462. The molecule has 2 N–H and O–H groups in total. The lowest BCUT2D eigenvalue weighted by atomic mass is 10.1. The average molecular weight is 265 g/mol. The van der Waals surface area contributed by atoms with Crippen LogP contribution in [0, 0.1) is 0 Å². The van der Waals surface area contributed by atoms with Gasteiger partial charge in [0.1, 0.15) is 5.75 Å². The van der Waals surface area contributed by atoms with E-state index >= 15 is 0 Å². The fourth-order valence-electron chi connectivity index (χ4n) is 1.99. The number of aromatic nitrogens is 2. The van der Waals surface area contributed by atoms with Gasteiger partial charge in [0, 0.05) is 23.7 Å². The zero-order chi connectivity index (χ0) is 13.9. The van der Waals surface area contributed by atoms with Gasteiger partial charge in [-0.05, 0) is 30.7 Å². The molecule has 0 saturated carbocycles. The van der Waals surface area contributed by atoms with E-state index in [0.29, 0.717) is 11.6 Å². The number of para-hydroxylation sites is 1. The number of nitrogens with zero attached hydrogens (tertiary/aromatic N) is 2. The van der Waals surface area contributed by atoms with E-state index < -0.39 is 0 Å². The van der Waals surface area contributed by atoms with Crippen LogP contribution in [0.4, 0.5) is 0 Å². The van der Waals surface area contributed by atoms with Crippen molar-refractivity contribution in [3.05, 3.63) is 60.4 Å². The van der Waals surface area contributed by atoms with Gasteiger partial charge in [0.15, 0.2) is 0 Å². The standard InChI is InChI=1S/C16H15N3O/c1-11(17)12-6-7-18-16(9-12)20-14-8-13-4-2-3-5-15(13)19-10-14/h2-11H,17H2,1H3/t11-/m0/s1. The number of fused-ring (bicyclic) bond motifs is 1. The smallest absolute Gasteiger partial charge is 0.219 e. The van der Waals surface area contributed by atoms with E-state index in [2.05, 4.69) is 9.97 Å². The molecular formula is C16H15N3O. The molecule has 0 radical (unpaired) electrons. The van der Waals surface area contributed by atoms with Crippen LogP contribution in [0.3, 0.4) is 0 Å². The number of rotatable bonds is 3. The Hall–Kier alpha value is -2.46. The van der Waals surface area contributed by atoms with E-state index in [1.165, 1.54) is 0 Å². The summed E-state index contributed by atoms with van der Waals surface area (Å²) in [5.74, 6) is 1.19. The van der Waals surface area contributed by atoms with Crippen molar-refractivity contribution in [3.8, 4) is 11.6 Å². The molecule has 1 atom stereocenters. The Labute approximate surface area is 117 Å². The molecule has 0 aliphatic rings. The largest absolute Gasteiger partial charge is 0.437 e. The fourth-order valence-corrected chi connectivity index (χ4v) is 1.99. The third-order valence-electron chi connectivity index (χ3n) is 3.07. The predicted molar refractivity (Wildman–Crippen MR) is 78.7 cm³/mol. The lowest BCUT2D eigenvalue weighted by Crippen LogP contribution is -2.05. The van der Waals surface area contributed by atoms with E-state index in [4.69, 9.17) is 10.5 Å². The molecular weight excluding hydrogens is 250 g/mol. The number of hydrogen-bond acceptors (Lipinski definition) is 4. The zero-order valence-electron chi connectivity index (χ0n) is 11.2. The first kappa shape index (κ1) is 12.6. The van der Waals surface area contributed by atoms with Gasteiger partial charge in [-0.15, -0.1) is 0 Å². The average Bonchev–Trinajstić information content (AvgIpc) is 2.47. The second-order valence-electron chi connectivity index (χ2n) is 4.68. The predicted octanol–water partition coefficient (Wildman–Crippen LogP) is 3.44. The monoisotopic (exact) mass is 265 g/mol. The SMILES string of the molecule is C[C@H](N)c1ccnc(Oc2cnc3ccccc3c2)c1. The molecule has 2 aromatic heterocycles. The summed E-state index contributed by atoms with van der Waals surface area (Å²) in [4.78, 5) is 8.55. The van der Waals surface area contributed by atoms with Gasteiger partial charge in [-0.1, -0.05) is 18.2 Å². The summed E-state index contributed by atoms with van der Waals surface area (Å²) < 4.78 is 5.75. The molecule has 20 heavy (non-hydrogen) atoms. The van der Waals surface area contributed by atoms with Crippen molar-refractivity contribution < 1.29 is 4.74 Å². The summed E-state index contributed by atoms with van der Waals surface area (Å²) in [5.41, 5.74) is 7.79. The highest BCUT2D eigenvalue weighted by Crippen LogP contribution is 2.24. The van der Waals surface area contributed by atoms with Crippen molar-refractivity contribution in [1.82, 2.24) is 9.97 Å². The third-order valence-corrected chi connectivity index (χ3v) is 3.07. The van der Waals surface area contributed by atoms with Gasteiger partial charge in [-0.3, -0.25) is 4.98 Å². The molecule has 0 fully saturated rings. The topological polar surface area (TPSA) is 61.0 Å². The molecule has 0 spiro atoms. The first-order chi connectivity index (χ1) is 9.72. The van der Waals surface area contributed by atoms with Crippen LogP contribution in [0.5, 0.6) is 11.6 Å². The summed E-state index contributed by atoms with van der Waals surface area (Å²) in [6, 6.07) is 13.5. The maximum absolute atomic E-state index is 5.85. The van der Waals surface area contributed by atoms with Crippen molar-refractivity contribution in [1.29, 1.82) is 0 Å². The van der Waals surface area contributed by atoms with Gasteiger partial charge < -0.3 is 10.5 Å². The second kappa shape index (κ2) is 5.27. The Balaban J connectivity index is 1.90. The van der Waals surface area contributed by atoms with Crippen molar-refractivity contribution in [3.63, 3.8) is 0 Å². The summed E-state index contributed by atoms with van der Waals surface area (Å²) in [5, 5.41) is 1.04. The number of nitrogens with two attached hydrogens (primary N) is 1. The first-order valence-corrected chi connectivity index (χ1v) is 6.46. The van der Waals surface area contributed by atoms with E-state index in [-0.39, 0.29) is 6.04 Å². The number of ether oxygens (including phenoxy) is 1. The summed E-state index contributed by atoms with van der Waals surface area (Å²) >= 11 is 0. The van der Waals surface area contributed by atoms with Crippen LogP contribution in [0.15, 0.2) is 54.9 Å². The van der Waals surface area contributed by atoms with Gasteiger partial charge >= 0.3 is 0 Å². The molecule has 0 saturated heterocycles. The minimum Gasteiger partial charge on any atom is -0.437 e. The molecule has 0 unspecified atom stereocenters. The van der Waals surface area contributed by atoms with Gasteiger partial charge in [-0.25, -0.2) is 4.98 Å². The molecule has 0 amide bonds. The molecule has 100 valence electrons. The van der Waals surface area contributed by atoms with Crippen LogP contribution < -0.4 is 10.5 Å². The Bertz CT molecular complexity index is 740. The van der Waals surface area contributed by atoms with Crippen LogP contribution in [0.2, 0.25) is 0 Å². The Kier molecular flexibility index (Phi) is 3.31. The molecule has 3 rings (SSSR count). The van der Waals surface area contributed by atoms with E-state index in [0.717, 1.165) is 16.5 Å².